The molecule has 1 fully saturated rings. The number of unbranched alkanes of at least 4 members (excludes halogenated alkanes) is 6. The van der Waals surface area contributed by atoms with E-state index in [1.807, 2.05) is 6.92 Å². The number of nitrogens with zero attached hydrogens (tertiary/aromatic N) is 3. The van der Waals surface area contributed by atoms with Gasteiger partial charge in [-0.15, -0.1) is 0 Å². The molecule has 1 aliphatic rings. The third-order valence-electron chi connectivity index (χ3n) is 5.49. The number of halogens is 1. The Morgan fingerprint density at radius 1 is 1.00 bits per heavy atom. The Kier molecular flexibility index (Phi) is 10.1. The van der Waals surface area contributed by atoms with Crippen LogP contribution in [0.2, 0.25) is 5.02 Å². The molecule has 1 heterocycles. The standard InChI is InChI=1S/C23H34ClN3O3/c1-3-5-6-7-8-9-10-11-21(28)25(4-2)16-22(29)26-17-23(30)27(18-26)20-14-12-19(24)13-15-20/h12-15H,3-11,16-18H2,1-2H3. The highest BCUT2D eigenvalue weighted by Gasteiger charge is 2.32. The minimum atomic E-state index is -0.199. The van der Waals surface area contributed by atoms with Gasteiger partial charge in [0.15, 0.2) is 0 Å². The van der Waals surface area contributed by atoms with Crippen LogP contribution < -0.4 is 4.90 Å². The summed E-state index contributed by atoms with van der Waals surface area (Å²) in [6, 6.07) is 6.96. The van der Waals surface area contributed by atoms with Gasteiger partial charge in [0.05, 0.1) is 6.54 Å². The van der Waals surface area contributed by atoms with Crippen LogP contribution in [0.1, 0.15) is 65.2 Å². The zero-order chi connectivity index (χ0) is 21.9. The highest BCUT2D eigenvalue weighted by molar-refractivity contribution is 6.30. The van der Waals surface area contributed by atoms with Crippen molar-refractivity contribution in [3.8, 4) is 0 Å². The summed E-state index contributed by atoms with van der Waals surface area (Å²) in [6.07, 6.45) is 8.56. The van der Waals surface area contributed by atoms with Crippen LogP contribution in [0.4, 0.5) is 5.69 Å². The molecule has 166 valence electrons. The molecule has 1 aliphatic heterocycles. The number of amides is 3. The van der Waals surface area contributed by atoms with Gasteiger partial charge < -0.3 is 9.80 Å². The number of carbonyl (C=O) groups excluding carboxylic acids is 3. The molecule has 0 N–H and O–H groups in total. The monoisotopic (exact) mass is 435 g/mol. The molecule has 0 radical (unpaired) electrons. The third kappa shape index (κ3) is 7.31. The van der Waals surface area contributed by atoms with Gasteiger partial charge in [0.25, 0.3) is 0 Å². The van der Waals surface area contributed by atoms with Crippen molar-refractivity contribution in [3.05, 3.63) is 29.3 Å². The van der Waals surface area contributed by atoms with Gasteiger partial charge in [-0.25, -0.2) is 0 Å². The summed E-state index contributed by atoms with van der Waals surface area (Å²) in [4.78, 5) is 42.2. The average Bonchev–Trinajstić information content (AvgIpc) is 3.13. The van der Waals surface area contributed by atoms with Crippen molar-refractivity contribution in [1.29, 1.82) is 0 Å². The molecule has 2 rings (SSSR count). The third-order valence-corrected chi connectivity index (χ3v) is 5.74. The molecule has 7 heteroatoms. The summed E-state index contributed by atoms with van der Waals surface area (Å²) >= 11 is 5.91. The predicted octanol–water partition coefficient (Wildman–Crippen LogP) is 4.46. The van der Waals surface area contributed by atoms with E-state index < -0.39 is 0 Å². The van der Waals surface area contributed by atoms with Crippen LogP contribution >= 0.6 is 11.6 Å². The van der Waals surface area contributed by atoms with Crippen molar-refractivity contribution in [3.63, 3.8) is 0 Å². The summed E-state index contributed by atoms with van der Waals surface area (Å²) in [5.41, 5.74) is 0.710. The van der Waals surface area contributed by atoms with E-state index >= 15 is 0 Å². The molecular formula is C23H34ClN3O3. The minimum absolute atomic E-state index is 0.0134. The maximum atomic E-state index is 12.7. The molecule has 30 heavy (non-hydrogen) atoms. The van der Waals surface area contributed by atoms with Crippen LogP contribution in [0.25, 0.3) is 0 Å². The van der Waals surface area contributed by atoms with Crippen molar-refractivity contribution >= 4 is 35.0 Å². The molecule has 3 amide bonds. The second kappa shape index (κ2) is 12.6. The topological polar surface area (TPSA) is 60.9 Å². The normalized spacial score (nSPS) is 13.8. The first kappa shape index (κ1) is 24.2. The fraction of sp³-hybridized carbons (Fsp3) is 0.609. The smallest absolute Gasteiger partial charge is 0.248 e. The van der Waals surface area contributed by atoms with Gasteiger partial charge >= 0.3 is 0 Å². The number of likely N-dealkylation sites (N-methyl/N-ethyl adjacent to an activating group) is 1. The molecule has 1 aromatic carbocycles. The summed E-state index contributed by atoms with van der Waals surface area (Å²) in [5.74, 6) is -0.322. The fourth-order valence-corrected chi connectivity index (χ4v) is 3.72. The van der Waals surface area contributed by atoms with E-state index in [1.54, 1.807) is 34.1 Å². The van der Waals surface area contributed by atoms with Crippen molar-refractivity contribution in [2.45, 2.75) is 65.2 Å². The van der Waals surface area contributed by atoms with Crippen LogP contribution in [0.3, 0.4) is 0 Å². The summed E-state index contributed by atoms with van der Waals surface area (Å²) in [7, 11) is 0. The maximum Gasteiger partial charge on any atom is 0.248 e. The number of carbonyl (C=O) groups is 3. The Morgan fingerprint density at radius 2 is 1.63 bits per heavy atom. The molecule has 0 bridgehead atoms. The van der Waals surface area contributed by atoms with Gasteiger partial charge in [0.1, 0.15) is 13.2 Å². The number of hydrogen-bond acceptors (Lipinski definition) is 3. The predicted molar refractivity (Wildman–Crippen MR) is 120 cm³/mol. The van der Waals surface area contributed by atoms with Crippen LogP contribution in [0.15, 0.2) is 24.3 Å². The molecule has 0 spiro atoms. The van der Waals surface area contributed by atoms with Crippen LogP contribution in [-0.2, 0) is 14.4 Å². The molecule has 0 unspecified atom stereocenters. The van der Waals surface area contributed by atoms with E-state index in [0.717, 1.165) is 19.3 Å². The van der Waals surface area contributed by atoms with Gasteiger partial charge in [0, 0.05) is 23.7 Å². The van der Waals surface area contributed by atoms with E-state index in [4.69, 9.17) is 11.6 Å². The van der Waals surface area contributed by atoms with E-state index in [2.05, 4.69) is 6.92 Å². The molecule has 0 saturated carbocycles. The summed E-state index contributed by atoms with van der Waals surface area (Å²) < 4.78 is 0. The lowest BCUT2D eigenvalue weighted by molar-refractivity contribution is -0.140. The van der Waals surface area contributed by atoms with Crippen molar-refractivity contribution < 1.29 is 14.4 Å². The van der Waals surface area contributed by atoms with Crippen LogP contribution in [0, 0.1) is 0 Å². The van der Waals surface area contributed by atoms with E-state index in [0.29, 0.717) is 23.7 Å². The molecule has 1 aromatic rings. The summed E-state index contributed by atoms with van der Waals surface area (Å²) in [5, 5.41) is 0.594. The van der Waals surface area contributed by atoms with E-state index in [-0.39, 0.29) is 37.5 Å². The van der Waals surface area contributed by atoms with Gasteiger partial charge in [-0.2, -0.15) is 0 Å². The zero-order valence-electron chi connectivity index (χ0n) is 18.2. The van der Waals surface area contributed by atoms with Crippen LogP contribution in [-0.4, -0.2) is 53.8 Å². The minimum Gasteiger partial charge on any atom is -0.334 e. The Balaban J connectivity index is 1.78. The van der Waals surface area contributed by atoms with E-state index in [1.165, 1.54) is 30.6 Å². The van der Waals surface area contributed by atoms with Crippen LogP contribution in [0.5, 0.6) is 0 Å². The van der Waals surface area contributed by atoms with Crippen molar-refractivity contribution in [1.82, 2.24) is 9.80 Å². The first-order chi connectivity index (χ1) is 14.5. The molecule has 0 atom stereocenters. The van der Waals surface area contributed by atoms with Crippen molar-refractivity contribution in [2.24, 2.45) is 0 Å². The molecular weight excluding hydrogens is 402 g/mol. The molecule has 0 aliphatic carbocycles. The second-order valence-electron chi connectivity index (χ2n) is 7.81. The van der Waals surface area contributed by atoms with Gasteiger partial charge in [-0.3, -0.25) is 19.3 Å². The lowest BCUT2D eigenvalue weighted by Gasteiger charge is -2.24. The first-order valence-electron chi connectivity index (χ1n) is 11.1. The maximum absolute atomic E-state index is 12.7. The number of hydrogen-bond donors (Lipinski definition) is 0. The molecule has 1 saturated heterocycles. The Bertz CT molecular complexity index is 708. The first-order valence-corrected chi connectivity index (χ1v) is 11.5. The Hall–Kier alpha value is -2.08. The van der Waals surface area contributed by atoms with Gasteiger partial charge in [0.2, 0.25) is 17.7 Å². The SMILES string of the molecule is CCCCCCCCCC(=O)N(CC)CC(=O)N1CC(=O)N(c2ccc(Cl)cc2)C1. The lowest BCUT2D eigenvalue weighted by atomic mass is 10.1. The molecule has 6 nitrogen and oxygen atoms in total. The summed E-state index contributed by atoms with van der Waals surface area (Å²) in [6.45, 7) is 4.82. The Morgan fingerprint density at radius 3 is 2.27 bits per heavy atom. The number of benzene rings is 1. The zero-order valence-corrected chi connectivity index (χ0v) is 19.0. The van der Waals surface area contributed by atoms with E-state index in [9.17, 15) is 14.4 Å². The van der Waals surface area contributed by atoms with Gasteiger partial charge in [-0.05, 0) is 37.6 Å². The number of rotatable bonds is 12. The van der Waals surface area contributed by atoms with Crippen molar-refractivity contribution in [2.75, 3.05) is 31.2 Å². The highest BCUT2D eigenvalue weighted by Crippen LogP contribution is 2.22. The second-order valence-corrected chi connectivity index (χ2v) is 8.25. The average molecular weight is 436 g/mol. The lowest BCUT2D eigenvalue weighted by Crippen LogP contribution is -2.42. The quantitative estimate of drug-likeness (QED) is 0.455. The molecule has 0 aromatic heterocycles. The Labute approximate surface area is 185 Å². The fourth-order valence-electron chi connectivity index (χ4n) is 3.59. The largest absolute Gasteiger partial charge is 0.334 e. The van der Waals surface area contributed by atoms with Gasteiger partial charge in [-0.1, -0.05) is 57.0 Å². The highest BCUT2D eigenvalue weighted by atomic mass is 35.5. The number of anilines is 1.